The molecule has 1 heterocycles. The second kappa shape index (κ2) is 4.87. The van der Waals surface area contributed by atoms with E-state index >= 15 is 0 Å². The molecule has 2 aromatic rings. The van der Waals surface area contributed by atoms with Crippen LogP contribution in [0.4, 0.5) is 23.2 Å². The first-order valence-electron chi connectivity index (χ1n) is 5.31. The highest BCUT2D eigenvalue weighted by molar-refractivity contribution is 5.46. The van der Waals surface area contributed by atoms with Gasteiger partial charge in [0.2, 0.25) is 0 Å². The average Bonchev–Trinajstić information content (AvgIpc) is 2.72. The van der Waals surface area contributed by atoms with Crippen LogP contribution in [0.25, 0.3) is 0 Å². The predicted molar refractivity (Wildman–Crippen MR) is 59.7 cm³/mol. The van der Waals surface area contributed by atoms with Crippen molar-refractivity contribution in [2.24, 2.45) is 7.05 Å². The summed E-state index contributed by atoms with van der Waals surface area (Å²) in [6, 6.07) is 2.31. The molecule has 0 atom stereocenters. The maximum Gasteiger partial charge on any atom is 0.416 e. The lowest BCUT2D eigenvalue weighted by molar-refractivity contribution is -0.137. The number of alkyl halides is 3. The monoisotopic (exact) mass is 274 g/mol. The number of anilines is 1. The summed E-state index contributed by atoms with van der Waals surface area (Å²) in [5, 5.41) is 6.59. The first-order chi connectivity index (χ1) is 8.86. The van der Waals surface area contributed by atoms with E-state index in [0.29, 0.717) is 11.9 Å². The first-order valence-corrected chi connectivity index (χ1v) is 5.31. The minimum Gasteiger partial charge on any atom is -0.375 e. The van der Waals surface area contributed by atoms with Crippen LogP contribution >= 0.6 is 0 Å². The molecule has 4 nitrogen and oxygen atoms in total. The summed E-state index contributed by atoms with van der Waals surface area (Å²) < 4.78 is 52.0. The van der Waals surface area contributed by atoms with Gasteiger partial charge in [0.15, 0.2) is 5.82 Å². The maximum absolute atomic E-state index is 13.5. The third-order valence-corrected chi connectivity index (χ3v) is 2.38. The number of benzene rings is 1. The second-order valence-corrected chi connectivity index (χ2v) is 3.88. The fourth-order valence-corrected chi connectivity index (χ4v) is 1.47. The second-order valence-electron chi connectivity index (χ2n) is 3.88. The SMILES string of the molecule is Cn1cnc(CNc2ccc(C(F)(F)F)cc2F)n1. The van der Waals surface area contributed by atoms with Crippen molar-refractivity contribution in [2.45, 2.75) is 12.7 Å². The van der Waals surface area contributed by atoms with E-state index in [0.717, 1.165) is 12.1 Å². The zero-order chi connectivity index (χ0) is 14.0. The summed E-state index contributed by atoms with van der Waals surface area (Å²) in [7, 11) is 1.68. The van der Waals surface area contributed by atoms with Crippen LogP contribution in [0, 0.1) is 5.82 Å². The van der Waals surface area contributed by atoms with Gasteiger partial charge in [-0.1, -0.05) is 0 Å². The van der Waals surface area contributed by atoms with Gasteiger partial charge in [-0.2, -0.15) is 18.3 Å². The number of hydrogen-bond acceptors (Lipinski definition) is 3. The third-order valence-electron chi connectivity index (χ3n) is 2.38. The van der Waals surface area contributed by atoms with Crippen LogP contribution in [-0.4, -0.2) is 14.8 Å². The van der Waals surface area contributed by atoms with Gasteiger partial charge in [-0.05, 0) is 18.2 Å². The standard InChI is InChI=1S/C11H10F4N4/c1-19-6-17-10(18-19)5-16-9-3-2-7(4-8(9)12)11(13,14)15/h2-4,6,16H,5H2,1H3. The van der Waals surface area contributed by atoms with Crippen LogP contribution in [0.3, 0.4) is 0 Å². The number of aryl methyl sites for hydroxylation is 1. The van der Waals surface area contributed by atoms with Crippen LogP contribution in [0.2, 0.25) is 0 Å². The lowest BCUT2D eigenvalue weighted by Gasteiger charge is -2.10. The Morgan fingerprint density at radius 2 is 2.05 bits per heavy atom. The molecule has 0 spiro atoms. The van der Waals surface area contributed by atoms with Crippen LogP contribution in [0.15, 0.2) is 24.5 Å². The van der Waals surface area contributed by atoms with Crippen molar-refractivity contribution >= 4 is 5.69 Å². The van der Waals surface area contributed by atoms with Crippen LogP contribution < -0.4 is 5.32 Å². The molecule has 1 N–H and O–H groups in total. The molecule has 0 saturated carbocycles. The van der Waals surface area contributed by atoms with E-state index in [1.807, 2.05) is 0 Å². The summed E-state index contributed by atoms with van der Waals surface area (Å²) in [4.78, 5) is 3.90. The number of aromatic nitrogens is 3. The highest BCUT2D eigenvalue weighted by Gasteiger charge is 2.31. The number of nitrogens with one attached hydrogen (secondary N) is 1. The molecular weight excluding hydrogens is 264 g/mol. The van der Waals surface area contributed by atoms with Crippen LogP contribution in [0.1, 0.15) is 11.4 Å². The molecule has 0 amide bonds. The highest BCUT2D eigenvalue weighted by atomic mass is 19.4. The van der Waals surface area contributed by atoms with Crippen molar-refractivity contribution in [2.75, 3.05) is 5.32 Å². The molecule has 1 aromatic heterocycles. The van der Waals surface area contributed by atoms with Gasteiger partial charge in [0.25, 0.3) is 0 Å². The van der Waals surface area contributed by atoms with E-state index in [-0.39, 0.29) is 12.2 Å². The molecule has 2 rings (SSSR count). The van der Waals surface area contributed by atoms with Gasteiger partial charge >= 0.3 is 6.18 Å². The average molecular weight is 274 g/mol. The summed E-state index contributed by atoms with van der Waals surface area (Å²) in [5.74, 6) is -0.549. The molecule has 0 saturated heterocycles. The summed E-state index contributed by atoms with van der Waals surface area (Å²) in [6.07, 6.45) is -3.08. The Bertz CT molecular complexity index is 576. The van der Waals surface area contributed by atoms with Crippen LogP contribution in [-0.2, 0) is 19.8 Å². The van der Waals surface area contributed by atoms with Gasteiger partial charge in [-0.3, -0.25) is 4.68 Å². The molecule has 0 aliphatic carbocycles. The zero-order valence-corrected chi connectivity index (χ0v) is 9.87. The van der Waals surface area contributed by atoms with Crippen molar-refractivity contribution in [3.63, 3.8) is 0 Å². The summed E-state index contributed by atoms with van der Waals surface area (Å²) in [5.41, 5.74) is -1.05. The van der Waals surface area contributed by atoms with Gasteiger partial charge < -0.3 is 5.32 Å². The number of rotatable bonds is 3. The van der Waals surface area contributed by atoms with Gasteiger partial charge in [0.1, 0.15) is 12.1 Å². The number of hydrogen-bond donors (Lipinski definition) is 1. The number of nitrogens with zero attached hydrogens (tertiary/aromatic N) is 3. The van der Waals surface area contributed by atoms with Crippen molar-refractivity contribution in [3.05, 3.63) is 41.7 Å². The smallest absolute Gasteiger partial charge is 0.375 e. The third kappa shape index (κ3) is 3.21. The quantitative estimate of drug-likeness (QED) is 0.875. The molecule has 102 valence electrons. The predicted octanol–water partition coefficient (Wildman–Crippen LogP) is 2.59. The fourth-order valence-electron chi connectivity index (χ4n) is 1.47. The van der Waals surface area contributed by atoms with E-state index in [9.17, 15) is 17.6 Å². The number of halogens is 4. The Hall–Kier alpha value is -2.12. The molecule has 0 radical (unpaired) electrons. The zero-order valence-electron chi connectivity index (χ0n) is 9.87. The van der Waals surface area contributed by atoms with E-state index in [1.54, 1.807) is 7.05 Å². The largest absolute Gasteiger partial charge is 0.416 e. The Morgan fingerprint density at radius 3 is 2.58 bits per heavy atom. The topological polar surface area (TPSA) is 42.7 Å². The van der Waals surface area contributed by atoms with Gasteiger partial charge in [-0.15, -0.1) is 0 Å². The molecule has 0 aliphatic rings. The highest BCUT2D eigenvalue weighted by Crippen LogP contribution is 2.31. The van der Waals surface area contributed by atoms with Crippen molar-refractivity contribution < 1.29 is 17.6 Å². The summed E-state index contributed by atoms with van der Waals surface area (Å²) in [6.45, 7) is 0.128. The molecule has 0 bridgehead atoms. The minimum atomic E-state index is -4.55. The molecule has 8 heteroatoms. The van der Waals surface area contributed by atoms with E-state index in [1.165, 1.54) is 11.0 Å². The van der Waals surface area contributed by atoms with Crippen molar-refractivity contribution in [3.8, 4) is 0 Å². The normalized spacial score (nSPS) is 11.6. The van der Waals surface area contributed by atoms with E-state index < -0.39 is 17.6 Å². The van der Waals surface area contributed by atoms with Crippen molar-refractivity contribution in [1.82, 2.24) is 14.8 Å². The molecule has 1 aromatic carbocycles. The molecule has 0 unspecified atom stereocenters. The lowest BCUT2D eigenvalue weighted by Crippen LogP contribution is -2.08. The first kappa shape index (κ1) is 13.3. The molecule has 0 fully saturated rings. The molecular formula is C11H10F4N4. The Morgan fingerprint density at radius 1 is 1.32 bits per heavy atom. The van der Waals surface area contributed by atoms with Gasteiger partial charge in [0, 0.05) is 7.05 Å². The Kier molecular flexibility index (Phi) is 3.41. The van der Waals surface area contributed by atoms with Gasteiger partial charge in [0.05, 0.1) is 17.8 Å². The molecule has 19 heavy (non-hydrogen) atoms. The van der Waals surface area contributed by atoms with Gasteiger partial charge in [-0.25, -0.2) is 9.37 Å². The van der Waals surface area contributed by atoms with Crippen molar-refractivity contribution in [1.29, 1.82) is 0 Å². The summed E-state index contributed by atoms with van der Waals surface area (Å²) >= 11 is 0. The molecule has 0 aliphatic heterocycles. The maximum atomic E-state index is 13.5. The lowest BCUT2D eigenvalue weighted by atomic mass is 10.2. The van der Waals surface area contributed by atoms with Crippen LogP contribution in [0.5, 0.6) is 0 Å². The Balaban J connectivity index is 2.09. The van der Waals surface area contributed by atoms with E-state index in [4.69, 9.17) is 0 Å². The Labute approximate surface area is 106 Å². The minimum absolute atomic E-state index is 0.0274. The fraction of sp³-hybridized carbons (Fsp3) is 0.273. The van der Waals surface area contributed by atoms with E-state index in [2.05, 4.69) is 15.4 Å².